The Hall–Kier alpha value is -2.89. The molecule has 0 aliphatic heterocycles. The lowest BCUT2D eigenvalue weighted by Gasteiger charge is -2.02. The number of nitrogens with zero attached hydrogens (tertiary/aromatic N) is 4. The molecule has 0 radical (unpaired) electrons. The van der Waals surface area contributed by atoms with Crippen LogP contribution >= 0.6 is 0 Å². The molecule has 3 rings (SSSR count). The average Bonchev–Trinajstić information content (AvgIpc) is 3.08. The van der Waals surface area contributed by atoms with Crippen molar-refractivity contribution in [3.63, 3.8) is 0 Å². The maximum absolute atomic E-state index is 10.8. The second-order valence-corrected chi connectivity index (χ2v) is 4.80. The molecule has 0 unspecified atom stereocenters. The Bertz CT molecular complexity index is 771. The number of benzene rings is 1. The van der Waals surface area contributed by atoms with Crippen LogP contribution in [0, 0.1) is 0 Å². The lowest BCUT2D eigenvalue weighted by Crippen LogP contribution is -2.01. The number of aromatic nitrogens is 4. The molecule has 6 heteroatoms. The van der Waals surface area contributed by atoms with Crippen LogP contribution in [0.3, 0.4) is 0 Å². The van der Waals surface area contributed by atoms with Gasteiger partial charge < -0.3 is 5.11 Å². The molecule has 1 N–H and O–H groups in total. The highest BCUT2D eigenvalue weighted by Crippen LogP contribution is 2.16. The Morgan fingerprint density at radius 3 is 2.62 bits per heavy atom. The molecule has 0 atom stereocenters. The Morgan fingerprint density at radius 2 is 2.00 bits per heavy atom. The number of carboxylic acid groups (broad SMARTS) is 1. The van der Waals surface area contributed by atoms with E-state index in [1.54, 1.807) is 35.1 Å². The lowest BCUT2D eigenvalue weighted by molar-refractivity contribution is 0.0697. The van der Waals surface area contributed by atoms with Crippen molar-refractivity contribution in [2.45, 2.75) is 6.54 Å². The summed E-state index contributed by atoms with van der Waals surface area (Å²) in [5, 5.41) is 17.5. The van der Waals surface area contributed by atoms with Crippen LogP contribution in [0.1, 0.15) is 15.9 Å². The van der Waals surface area contributed by atoms with E-state index in [0.717, 1.165) is 16.8 Å². The molecule has 6 nitrogen and oxygen atoms in total. The van der Waals surface area contributed by atoms with Gasteiger partial charge in [0.05, 0.1) is 24.0 Å². The van der Waals surface area contributed by atoms with E-state index in [1.807, 2.05) is 30.2 Å². The van der Waals surface area contributed by atoms with Gasteiger partial charge in [-0.25, -0.2) is 4.79 Å². The van der Waals surface area contributed by atoms with E-state index in [0.29, 0.717) is 6.54 Å². The Labute approximate surface area is 121 Å². The maximum atomic E-state index is 10.8. The average molecular weight is 282 g/mol. The Balaban J connectivity index is 1.76. The predicted molar refractivity (Wildman–Crippen MR) is 76.9 cm³/mol. The zero-order chi connectivity index (χ0) is 14.8. The minimum Gasteiger partial charge on any atom is -0.478 e. The van der Waals surface area contributed by atoms with Gasteiger partial charge in [0, 0.05) is 25.0 Å². The summed E-state index contributed by atoms with van der Waals surface area (Å²) < 4.78 is 3.55. The fourth-order valence-electron chi connectivity index (χ4n) is 2.10. The summed E-state index contributed by atoms with van der Waals surface area (Å²) in [6.07, 6.45) is 5.58. The fourth-order valence-corrected chi connectivity index (χ4v) is 2.10. The highest BCUT2D eigenvalue weighted by atomic mass is 16.4. The summed E-state index contributed by atoms with van der Waals surface area (Å²) in [4.78, 5) is 10.8. The Morgan fingerprint density at radius 1 is 1.24 bits per heavy atom. The van der Waals surface area contributed by atoms with Crippen molar-refractivity contribution in [2.75, 3.05) is 0 Å². The van der Waals surface area contributed by atoms with Gasteiger partial charge in [0.1, 0.15) is 0 Å². The molecule has 2 aromatic heterocycles. The van der Waals surface area contributed by atoms with Crippen molar-refractivity contribution in [1.29, 1.82) is 0 Å². The summed E-state index contributed by atoms with van der Waals surface area (Å²) in [6.45, 7) is 0.597. The van der Waals surface area contributed by atoms with Crippen LogP contribution in [0.25, 0.3) is 11.3 Å². The molecule has 0 aliphatic rings. The highest BCUT2D eigenvalue weighted by Gasteiger charge is 2.06. The molecule has 0 saturated heterocycles. The van der Waals surface area contributed by atoms with E-state index in [9.17, 15) is 4.79 Å². The van der Waals surface area contributed by atoms with Gasteiger partial charge in [-0.3, -0.25) is 9.36 Å². The monoisotopic (exact) mass is 282 g/mol. The molecule has 2 heterocycles. The quantitative estimate of drug-likeness (QED) is 0.794. The van der Waals surface area contributed by atoms with Gasteiger partial charge >= 0.3 is 5.97 Å². The molecular weight excluding hydrogens is 268 g/mol. The third kappa shape index (κ3) is 2.84. The Kier molecular flexibility index (Phi) is 3.27. The second-order valence-electron chi connectivity index (χ2n) is 4.80. The normalized spacial score (nSPS) is 10.7. The molecule has 0 fully saturated rings. The summed E-state index contributed by atoms with van der Waals surface area (Å²) in [7, 11) is 1.87. The van der Waals surface area contributed by atoms with Crippen molar-refractivity contribution in [3.05, 3.63) is 60.0 Å². The smallest absolute Gasteiger partial charge is 0.335 e. The van der Waals surface area contributed by atoms with Gasteiger partial charge in [0.2, 0.25) is 0 Å². The summed E-state index contributed by atoms with van der Waals surface area (Å²) in [6, 6.07) is 8.73. The SMILES string of the molecule is Cn1cc(-c2ccn(Cc3ccc(C(=O)O)cc3)n2)cn1. The van der Waals surface area contributed by atoms with Crippen LogP contribution in [-0.2, 0) is 13.6 Å². The molecule has 0 aliphatic carbocycles. The molecular formula is C15H14N4O2. The molecule has 0 bridgehead atoms. The van der Waals surface area contributed by atoms with Gasteiger partial charge in [0.15, 0.2) is 0 Å². The number of carboxylic acids is 1. The summed E-state index contributed by atoms with van der Waals surface area (Å²) in [5.41, 5.74) is 3.12. The van der Waals surface area contributed by atoms with Crippen molar-refractivity contribution in [2.24, 2.45) is 7.05 Å². The van der Waals surface area contributed by atoms with Crippen LogP contribution in [0.2, 0.25) is 0 Å². The molecule has 21 heavy (non-hydrogen) atoms. The van der Waals surface area contributed by atoms with Crippen LogP contribution in [0.5, 0.6) is 0 Å². The summed E-state index contributed by atoms with van der Waals surface area (Å²) >= 11 is 0. The zero-order valence-electron chi connectivity index (χ0n) is 11.5. The predicted octanol–water partition coefficient (Wildman–Crippen LogP) is 2.03. The largest absolute Gasteiger partial charge is 0.478 e. The zero-order valence-corrected chi connectivity index (χ0v) is 11.5. The van der Waals surface area contributed by atoms with E-state index in [-0.39, 0.29) is 5.56 Å². The number of carbonyl (C=O) groups is 1. The van der Waals surface area contributed by atoms with Crippen LogP contribution in [-0.4, -0.2) is 30.6 Å². The molecule has 0 spiro atoms. The van der Waals surface area contributed by atoms with Gasteiger partial charge in [-0.1, -0.05) is 12.1 Å². The van der Waals surface area contributed by atoms with Gasteiger partial charge in [0.25, 0.3) is 0 Å². The van der Waals surface area contributed by atoms with E-state index in [2.05, 4.69) is 10.2 Å². The first kappa shape index (κ1) is 13.1. The highest BCUT2D eigenvalue weighted by molar-refractivity contribution is 5.87. The van der Waals surface area contributed by atoms with E-state index in [1.165, 1.54) is 0 Å². The standard InChI is InChI=1S/C15H14N4O2/c1-18-10-13(8-16-18)14-6-7-19(17-14)9-11-2-4-12(5-3-11)15(20)21/h2-8,10H,9H2,1H3,(H,20,21). The van der Waals surface area contributed by atoms with Gasteiger partial charge in [-0.2, -0.15) is 10.2 Å². The van der Waals surface area contributed by atoms with Crippen molar-refractivity contribution in [3.8, 4) is 11.3 Å². The minimum atomic E-state index is -0.917. The van der Waals surface area contributed by atoms with Crippen molar-refractivity contribution < 1.29 is 9.90 Å². The lowest BCUT2D eigenvalue weighted by atomic mass is 10.1. The molecule has 3 aromatic rings. The van der Waals surface area contributed by atoms with Crippen molar-refractivity contribution in [1.82, 2.24) is 19.6 Å². The second kappa shape index (κ2) is 5.24. The van der Waals surface area contributed by atoms with E-state index in [4.69, 9.17) is 5.11 Å². The van der Waals surface area contributed by atoms with Crippen LogP contribution < -0.4 is 0 Å². The molecule has 1 aromatic carbocycles. The van der Waals surface area contributed by atoms with E-state index < -0.39 is 5.97 Å². The first-order valence-electron chi connectivity index (χ1n) is 6.46. The minimum absolute atomic E-state index is 0.287. The molecule has 0 amide bonds. The first-order chi connectivity index (χ1) is 10.1. The third-order valence-electron chi connectivity index (χ3n) is 3.19. The number of aromatic carboxylic acids is 1. The van der Waals surface area contributed by atoms with Crippen LogP contribution in [0.15, 0.2) is 48.9 Å². The number of aryl methyl sites for hydroxylation is 1. The number of rotatable bonds is 4. The summed E-state index contributed by atoms with van der Waals surface area (Å²) in [5.74, 6) is -0.917. The molecule has 106 valence electrons. The van der Waals surface area contributed by atoms with Crippen LogP contribution in [0.4, 0.5) is 0 Å². The van der Waals surface area contributed by atoms with E-state index >= 15 is 0 Å². The fraction of sp³-hybridized carbons (Fsp3) is 0.133. The number of hydrogen-bond donors (Lipinski definition) is 1. The van der Waals surface area contributed by atoms with Crippen molar-refractivity contribution >= 4 is 5.97 Å². The van der Waals surface area contributed by atoms with Gasteiger partial charge in [-0.05, 0) is 23.8 Å². The topological polar surface area (TPSA) is 72.9 Å². The first-order valence-corrected chi connectivity index (χ1v) is 6.46. The maximum Gasteiger partial charge on any atom is 0.335 e. The third-order valence-corrected chi connectivity index (χ3v) is 3.19. The number of hydrogen-bond acceptors (Lipinski definition) is 3. The van der Waals surface area contributed by atoms with Gasteiger partial charge in [-0.15, -0.1) is 0 Å². The molecule has 0 saturated carbocycles.